The number of ether oxygens (including phenoxy) is 1. The van der Waals surface area contributed by atoms with E-state index in [4.69, 9.17) is 9.84 Å². The van der Waals surface area contributed by atoms with E-state index in [0.717, 1.165) is 19.4 Å². The monoisotopic (exact) mass is 256 g/mol. The van der Waals surface area contributed by atoms with Crippen LogP contribution >= 0.6 is 0 Å². The maximum atomic E-state index is 12.4. The third kappa shape index (κ3) is 3.43. The minimum atomic E-state index is -0.0238. The molecule has 1 amide bonds. The lowest BCUT2D eigenvalue weighted by Gasteiger charge is -2.38. The summed E-state index contributed by atoms with van der Waals surface area (Å²) in [6.07, 6.45) is 4.95. The number of hydrogen-bond acceptors (Lipinski definition) is 4. The number of carbonyl (C=O) groups excluding carboxylic acids is 1. The Balaban J connectivity index is 1.93. The van der Waals surface area contributed by atoms with E-state index in [2.05, 4.69) is 5.32 Å². The molecule has 0 aromatic rings. The lowest BCUT2D eigenvalue weighted by atomic mass is 10.0. The van der Waals surface area contributed by atoms with Crippen molar-refractivity contribution in [1.29, 1.82) is 0 Å². The highest BCUT2D eigenvalue weighted by Crippen LogP contribution is 2.23. The quantitative estimate of drug-likeness (QED) is 0.679. The number of piperidine rings is 1. The number of amides is 1. The zero-order valence-electron chi connectivity index (χ0n) is 11.1. The molecule has 18 heavy (non-hydrogen) atoms. The molecular formula is C13H24N2O3. The van der Waals surface area contributed by atoms with E-state index < -0.39 is 0 Å². The van der Waals surface area contributed by atoms with Gasteiger partial charge in [-0.1, -0.05) is 0 Å². The molecule has 104 valence electrons. The van der Waals surface area contributed by atoms with Gasteiger partial charge >= 0.3 is 0 Å². The van der Waals surface area contributed by atoms with E-state index >= 15 is 0 Å². The molecule has 5 nitrogen and oxygen atoms in total. The lowest BCUT2D eigenvalue weighted by molar-refractivity contribution is -0.140. The van der Waals surface area contributed by atoms with E-state index in [1.165, 1.54) is 12.8 Å². The van der Waals surface area contributed by atoms with Crippen LogP contribution in [0.3, 0.4) is 0 Å². The summed E-state index contributed by atoms with van der Waals surface area (Å²) in [5, 5.41) is 12.5. The van der Waals surface area contributed by atoms with Gasteiger partial charge in [0, 0.05) is 26.3 Å². The van der Waals surface area contributed by atoms with Crippen LogP contribution in [0.4, 0.5) is 0 Å². The fraction of sp³-hybridized carbons (Fsp3) is 0.923. The highest BCUT2D eigenvalue weighted by atomic mass is 16.5. The molecule has 1 saturated carbocycles. The summed E-state index contributed by atoms with van der Waals surface area (Å²) in [5.41, 5.74) is 0. The van der Waals surface area contributed by atoms with Gasteiger partial charge in [-0.3, -0.25) is 4.79 Å². The summed E-state index contributed by atoms with van der Waals surface area (Å²) in [5.74, 6) is 0.184. The normalized spacial score (nSPS) is 26.4. The van der Waals surface area contributed by atoms with Gasteiger partial charge in [-0.15, -0.1) is 0 Å². The molecule has 2 atom stereocenters. The summed E-state index contributed by atoms with van der Waals surface area (Å²) in [4.78, 5) is 14.3. The topological polar surface area (TPSA) is 61.8 Å². The number of rotatable bonds is 7. The number of nitrogens with zero attached hydrogens (tertiary/aromatic N) is 1. The maximum Gasteiger partial charge on any atom is 0.240 e. The SMILES string of the molecule is COCC(CCO)N1CCCC(NC2CC2)C1=O. The van der Waals surface area contributed by atoms with E-state index in [1.807, 2.05) is 4.90 Å². The third-order valence-electron chi connectivity index (χ3n) is 3.75. The molecule has 1 aliphatic carbocycles. The minimum Gasteiger partial charge on any atom is -0.396 e. The lowest BCUT2D eigenvalue weighted by Crippen LogP contribution is -2.55. The largest absolute Gasteiger partial charge is 0.396 e. The van der Waals surface area contributed by atoms with Crippen LogP contribution in [0.1, 0.15) is 32.1 Å². The van der Waals surface area contributed by atoms with Crippen molar-refractivity contribution in [2.75, 3.05) is 26.9 Å². The minimum absolute atomic E-state index is 0.0105. The molecule has 1 saturated heterocycles. The maximum absolute atomic E-state index is 12.4. The van der Waals surface area contributed by atoms with Crippen molar-refractivity contribution in [2.45, 2.75) is 50.2 Å². The molecule has 5 heteroatoms. The van der Waals surface area contributed by atoms with Crippen LogP contribution in [0.2, 0.25) is 0 Å². The Hall–Kier alpha value is -0.650. The van der Waals surface area contributed by atoms with E-state index in [-0.39, 0.29) is 24.6 Å². The van der Waals surface area contributed by atoms with Gasteiger partial charge in [-0.05, 0) is 32.1 Å². The number of nitrogens with one attached hydrogen (secondary N) is 1. The van der Waals surface area contributed by atoms with Crippen molar-refractivity contribution in [3.05, 3.63) is 0 Å². The van der Waals surface area contributed by atoms with Crippen LogP contribution in [0.5, 0.6) is 0 Å². The van der Waals surface area contributed by atoms with E-state index in [0.29, 0.717) is 19.1 Å². The first kappa shape index (κ1) is 13.8. The Morgan fingerprint density at radius 2 is 2.28 bits per heavy atom. The van der Waals surface area contributed by atoms with Gasteiger partial charge in [0.15, 0.2) is 0 Å². The highest BCUT2D eigenvalue weighted by molar-refractivity contribution is 5.83. The fourth-order valence-electron chi connectivity index (χ4n) is 2.62. The molecule has 0 aromatic heterocycles. The molecule has 1 heterocycles. The summed E-state index contributed by atoms with van der Waals surface area (Å²) in [7, 11) is 1.64. The molecule has 2 rings (SSSR count). The second kappa shape index (κ2) is 6.50. The molecule has 0 radical (unpaired) electrons. The Kier molecular flexibility index (Phi) is 4.97. The van der Waals surface area contributed by atoms with Gasteiger partial charge in [-0.25, -0.2) is 0 Å². The number of hydrogen-bond donors (Lipinski definition) is 2. The number of aliphatic hydroxyl groups excluding tert-OH is 1. The summed E-state index contributed by atoms with van der Waals surface area (Å²) in [6, 6.07) is 0.540. The first-order valence-electron chi connectivity index (χ1n) is 6.92. The van der Waals surface area contributed by atoms with Gasteiger partial charge < -0.3 is 20.1 Å². The number of carbonyl (C=O) groups is 1. The highest BCUT2D eigenvalue weighted by Gasteiger charge is 2.35. The third-order valence-corrected chi connectivity index (χ3v) is 3.75. The van der Waals surface area contributed by atoms with Crippen molar-refractivity contribution in [3.8, 4) is 0 Å². The Bertz CT molecular complexity index is 275. The summed E-state index contributed by atoms with van der Waals surface area (Å²) in [6.45, 7) is 1.39. The molecule has 2 fully saturated rings. The summed E-state index contributed by atoms with van der Waals surface area (Å²) < 4.78 is 5.16. The average molecular weight is 256 g/mol. The van der Waals surface area contributed by atoms with Crippen LogP contribution in [-0.4, -0.2) is 60.9 Å². The molecule has 0 aromatic carbocycles. The predicted molar refractivity (Wildman–Crippen MR) is 68.3 cm³/mol. The van der Waals surface area contributed by atoms with Crippen molar-refractivity contribution < 1.29 is 14.6 Å². The number of likely N-dealkylation sites (tertiary alicyclic amines) is 1. The molecule has 0 bridgehead atoms. The van der Waals surface area contributed by atoms with Gasteiger partial charge in [0.25, 0.3) is 0 Å². The second-order valence-corrected chi connectivity index (χ2v) is 5.29. The Morgan fingerprint density at radius 1 is 1.50 bits per heavy atom. The average Bonchev–Trinajstić information content (AvgIpc) is 3.16. The van der Waals surface area contributed by atoms with E-state index in [9.17, 15) is 4.79 Å². The van der Waals surface area contributed by atoms with Crippen LogP contribution in [0, 0.1) is 0 Å². The molecular weight excluding hydrogens is 232 g/mol. The van der Waals surface area contributed by atoms with Crippen molar-refractivity contribution in [1.82, 2.24) is 10.2 Å². The van der Waals surface area contributed by atoms with Crippen molar-refractivity contribution in [3.63, 3.8) is 0 Å². The van der Waals surface area contributed by atoms with Crippen molar-refractivity contribution >= 4 is 5.91 Å². The Morgan fingerprint density at radius 3 is 2.89 bits per heavy atom. The second-order valence-electron chi connectivity index (χ2n) is 5.29. The standard InChI is InChI=1S/C13H24N2O3/c1-18-9-11(6-8-16)15-7-2-3-12(13(15)17)14-10-4-5-10/h10-12,14,16H,2-9H2,1H3. The van der Waals surface area contributed by atoms with Gasteiger partial charge in [-0.2, -0.15) is 0 Å². The molecule has 0 spiro atoms. The molecule has 2 aliphatic rings. The van der Waals surface area contributed by atoms with Crippen molar-refractivity contribution in [2.24, 2.45) is 0 Å². The van der Waals surface area contributed by atoms with Gasteiger partial charge in [0.1, 0.15) is 0 Å². The molecule has 2 N–H and O–H groups in total. The zero-order valence-corrected chi connectivity index (χ0v) is 11.1. The first-order chi connectivity index (χ1) is 8.76. The van der Waals surface area contributed by atoms with E-state index in [1.54, 1.807) is 7.11 Å². The van der Waals surface area contributed by atoms with Crippen LogP contribution in [0.25, 0.3) is 0 Å². The zero-order chi connectivity index (χ0) is 13.0. The molecule has 2 unspecified atom stereocenters. The summed E-state index contributed by atoms with van der Waals surface area (Å²) >= 11 is 0. The predicted octanol–water partition coefficient (Wildman–Crippen LogP) is 0.127. The number of methoxy groups -OCH3 is 1. The Labute approximate surface area is 108 Å². The van der Waals surface area contributed by atoms with Gasteiger partial charge in [0.05, 0.1) is 18.7 Å². The number of aliphatic hydroxyl groups is 1. The first-order valence-corrected chi connectivity index (χ1v) is 6.92. The smallest absolute Gasteiger partial charge is 0.240 e. The molecule has 1 aliphatic heterocycles. The van der Waals surface area contributed by atoms with Crippen LogP contribution in [0.15, 0.2) is 0 Å². The van der Waals surface area contributed by atoms with Gasteiger partial charge in [0.2, 0.25) is 5.91 Å². The van der Waals surface area contributed by atoms with Crippen LogP contribution in [-0.2, 0) is 9.53 Å². The fourth-order valence-corrected chi connectivity index (χ4v) is 2.62. The van der Waals surface area contributed by atoms with Crippen LogP contribution < -0.4 is 5.32 Å².